The summed E-state index contributed by atoms with van der Waals surface area (Å²) in [4.78, 5) is 22.7. The smallest absolute Gasteiger partial charge is 0.306 e. The molecule has 0 aromatic carbocycles. The molecule has 2 aliphatic rings. The summed E-state index contributed by atoms with van der Waals surface area (Å²) in [6, 6.07) is 0. The van der Waals surface area contributed by atoms with E-state index in [0.29, 0.717) is 0 Å². The molecule has 0 amide bonds. The van der Waals surface area contributed by atoms with E-state index in [0.717, 1.165) is 25.7 Å². The predicted octanol–water partition coefficient (Wildman–Crippen LogP) is 0.724. The highest BCUT2D eigenvalue weighted by Crippen LogP contribution is 2.50. The molecule has 0 aromatic rings. The molecule has 0 N–H and O–H groups in total. The van der Waals surface area contributed by atoms with Crippen molar-refractivity contribution < 1.29 is 22.7 Å². The molecular weight excluding hydrogens is 256 g/mol. The fourth-order valence-corrected chi connectivity index (χ4v) is 4.28. The first-order valence-corrected chi connectivity index (χ1v) is 7.98. The molecule has 0 aliphatic heterocycles. The lowest BCUT2D eigenvalue weighted by Gasteiger charge is -2.13. The van der Waals surface area contributed by atoms with Crippen LogP contribution in [-0.2, 0) is 24.2 Å². The van der Waals surface area contributed by atoms with Crippen LogP contribution in [-0.4, -0.2) is 38.8 Å². The number of hydrogen-bond donors (Lipinski definition) is 0. The van der Waals surface area contributed by atoms with E-state index in [2.05, 4.69) is 4.74 Å². The number of ether oxygens (including phenoxy) is 1. The molecule has 0 aromatic heterocycles. The molecule has 0 atom stereocenters. The number of Topliss-reactive ketones (excluding diaryl/α,β-unsaturated/α-hetero) is 1. The van der Waals surface area contributed by atoms with Gasteiger partial charge in [0.2, 0.25) is 0 Å². The van der Waals surface area contributed by atoms with Crippen LogP contribution in [0.5, 0.6) is 0 Å². The van der Waals surface area contributed by atoms with E-state index in [1.807, 2.05) is 0 Å². The van der Waals surface area contributed by atoms with Gasteiger partial charge in [0.25, 0.3) is 0 Å². The van der Waals surface area contributed by atoms with Gasteiger partial charge in [-0.1, -0.05) is 0 Å². The summed E-state index contributed by atoms with van der Waals surface area (Å²) in [5.74, 6) is -0.996. The number of hydrogen-bond acceptors (Lipinski definition) is 5. The SMILES string of the molecule is COC(=O)CC1(CS(=O)(=O)CC(=O)C2CC2)CC1. The van der Waals surface area contributed by atoms with Crippen molar-refractivity contribution in [1.29, 1.82) is 0 Å². The Morgan fingerprint density at radius 1 is 1.28 bits per heavy atom. The van der Waals surface area contributed by atoms with Crippen molar-refractivity contribution >= 4 is 21.6 Å². The van der Waals surface area contributed by atoms with Crippen LogP contribution in [0.25, 0.3) is 0 Å². The Balaban J connectivity index is 1.91. The van der Waals surface area contributed by atoms with E-state index < -0.39 is 15.3 Å². The van der Waals surface area contributed by atoms with Gasteiger partial charge in [-0.05, 0) is 31.1 Å². The van der Waals surface area contributed by atoms with E-state index in [-0.39, 0.29) is 35.6 Å². The zero-order valence-electron chi connectivity index (χ0n) is 10.5. The predicted molar refractivity (Wildman–Crippen MR) is 64.7 cm³/mol. The third-order valence-electron chi connectivity index (χ3n) is 3.63. The Morgan fingerprint density at radius 2 is 1.89 bits per heavy atom. The number of rotatable bonds is 7. The molecule has 5 nitrogen and oxygen atoms in total. The molecule has 0 bridgehead atoms. The van der Waals surface area contributed by atoms with Crippen LogP contribution in [0, 0.1) is 11.3 Å². The fraction of sp³-hybridized carbons (Fsp3) is 0.833. The Bertz CT molecular complexity index is 457. The highest BCUT2D eigenvalue weighted by Gasteiger charge is 2.48. The molecule has 0 heterocycles. The summed E-state index contributed by atoms with van der Waals surface area (Å²) in [5, 5.41) is 0. The van der Waals surface area contributed by atoms with Crippen molar-refractivity contribution in [2.75, 3.05) is 18.6 Å². The second-order valence-electron chi connectivity index (χ2n) is 5.53. The zero-order valence-corrected chi connectivity index (χ0v) is 11.3. The first kappa shape index (κ1) is 13.5. The van der Waals surface area contributed by atoms with E-state index in [4.69, 9.17) is 0 Å². The van der Waals surface area contributed by atoms with Gasteiger partial charge < -0.3 is 4.74 Å². The number of carbonyl (C=O) groups is 2. The quantitative estimate of drug-likeness (QED) is 0.639. The number of sulfone groups is 1. The van der Waals surface area contributed by atoms with Crippen molar-refractivity contribution in [3.05, 3.63) is 0 Å². The van der Waals surface area contributed by atoms with Crippen molar-refractivity contribution in [2.45, 2.75) is 32.1 Å². The van der Waals surface area contributed by atoms with E-state index in [1.54, 1.807) is 0 Å². The third-order valence-corrected chi connectivity index (χ3v) is 5.40. The second-order valence-corrected chi connectivity index (χ2v) is 7.59. The molecule has 2 fully saturated rings. The first-order chi connectivity index (χ1) is 8.36. The largest absolute Gasteiger partial charge is 0.469 e. The third kappa shape index (κ3) is 3.54. The van der Waals surface area contributed by atoms with Crippen molar-refractivity contribution in [2.24, 2.45) is 11.3 Å². The van der Waals surface area contributed by atoms with Crippen LogP contribution < -0.4 is 0 Å². The minimum absolute atomic E-state index is 0.0319. The van der Waals surface area contributed by atoms with Gasteiger partial charge >= 0.3 is 5.97 Å². The highest BCUT2D eigenvalue weighted by molar-refractivity contribution is 7.92. The van der Waals surface area contributed by atoms with Gasteiger partial charge in [0, 0.05) is 5.92 Å². The summed E-state index contributed by atoms with van der Waals surface area (Å²) in [5.41, 5.74) is -0.463. The molecule has 2 rings (SSSR count). The topological polar surface area (TPSA) is 77.5 Å². The minimum Gasteiger partial charge on any atom is -0.469 e. The van der Waals surface area contributed by atoms with Crippen LogP contribution in [0.15, 0.2) is 0 Å². The monoisotopic (exact) mass is 274 g/mol. The van der Waals surface area contributed by atoms with Gasteiger partial charge in [-0.2, -0.15) is 0 Å². The maximum absolute atomic E-state index is 11.9. The average molecular weight is 274 g/mol. The van der Waals surface area contributed by atoms with Gasteiger partial charge in [-0.25, -0.2) is 8.42 Å². The minimum atomic E-state index is -3.39. The summed E-state index contributed by atoms with van der Waals surface area (Å²) < 4.78 is 28.4. The van der Waals surface area contributed by atoms with Crippen LogP contribution in [0.1, 0.15) is 32.1 Å². The van der Waals surface area contributed by atoms with Crippen molar-refractivity contribution in [1.82, 2.24) is 0 Å². The highest BCUT2D eigenvalue weighted by atomic mass is 32.2. The summed E-state index contributed by atoms with van der Waals surface area (Å²) >= 11 is 0. The normalized spacial score (nSPS) is 21.4. The van der Waals surface area contributed by atoms with Crippen LogP contribution in [0.3, 0.4) is 0 Å². The van der Waals surface area contributed by atoms with Gasteiger partial charge in [-0.3, -0.25) is 9.59 Å². The molecule has 0 saturated heterocycles. The molecule has 0 spiro atoms. The molecule has 6 heteroatoms. The first-order valence-electron chi connectivity index (χ1n) is 6.16. The Morgan fingerprint density at radius 3 is 2.33 bits per heavy atom. The standard InChI is InChI=1S/C12H18O5S/c1-17-11(14)6-12(4-5-12)8-18(15,16)7-10(13)9-2-3-9/h9H,2-8H2,1H3. The van der Waals surface area contributed by atoms with Crippen LogP contribution in [0.4, 0.5) is 0 Å². The zero-order chi connectivity index (χ0) is 13.4. The maximum Gasteiger partial charge on any atom is 0.306 e. The van der Waals surface area contributed by atoms with Crippen molar-refractivity contribution in [3.8, 4) is 0 Å². The van der Waals surface area contributed by atoms with Gasteiger partial charge in [0.1, 0.15) is 5.75 Å². The van der Waals surface area contributed by atoms with E-state index in [1.165, 1.54) is 7.11 Å². The van der Waals surface area contributed by atoms with Gasteiger partial charge in [-0.15, -0.1) is 0 Å². The molecule has 0 unspecified atom stereocenters. The lowest BCUT2D eigenvalue weighted by Crippen LogP contribution is -2.26. The summed E-state index contributed by atoms with van der Waals surface area (Å²) in [6.45, 7) is 0. The number of carbonyl (C=O) groups excluding carboxylic acids is 2. The van der Waals surface area contributed by atoms with Gasteiger partial charge in [0.05, 0.1) is 19.3 Å². The molecular formula is C12H18O5S. The fourth-order valence-electron chi connectivity index (χ4n) is 2.18. The summed E-state index contributed by atoms with van der Waals surface area (Å²) in [6.07, 6.45) is 3.22. The van der Waals surface area contributed by atoms with E-state index >= 15 is 0 Å². The number of methoxy groups -OCH3 is 1. The molecule has 102 valence electrons. The van der Waals surface area contributed by atoms with Crippen LogP contribution >= 0.6 is 0 Å². The summed E-state index contributed by atoms with van der Waals surface area (Å²) in [7, 11) is -2.10. The molecule has 2 aliphatic carbocycles. The lowest BCUT2D eigenvalue weighted by atomic mass is 10.1. The maximum atomic E-state index is 11.9. The second kappa shape index (κ2) is 4.64. The lowest BCUT2D eigenvalue weighted by molar-refractivity contribution is -0.141. The molecule has 0 radical (unpaired) electrons. The molecule has 18 heavy (non-hydrogen) atoms. The molecule has 2 saturated carbocycles. The van der Waals surface area contributed by atoms with Crippen molar-refractivity contribution in [3.63, 3.8) is 0 Å². The Labute approximate surface area is 107 Å². The number of esters is 1. The Hall–Kier alpha value is -0.910. The van der Waals surface area contributed by atoms with Gasteiger partial charge in [0.15, 0.2) is 15.6 Å². The average Bonchev–Trinajstić information content (AvgIpc) is 3.10. The van der Waals surface area contributed by atoms with E-state index in [9.17, 15) is 18.0 Å². The Kier molecular flexibility index (Phi) is 3.49. The number of ketones is 1. The van der Waals surface area contributed by atoms with Crippen LogP contribution in [0.2, 0.25) is 0 Å².